The molecule has 9 heteroatoms. The largest absolute Gasteiger partial charge is 0.493 e. The molecular weight excluding hydrogens is 492 g/mol. The van der Waals surface area contributed by atoms with E-state index in [0.717, 1.165) is 5.57 Å². The Morgan fingerprint density at radius 2 is 1.79 bits per heavy atom. The van der Waals surface area contributed by atoms with Crippen molar-refractivity contribution in [3.8, 4) is 11.5 Å². The molecule has 1 heterocycles. The van der Waals surface area contributed by atoms with Gasteiger partial charge in [-0.1, -0.05) is 11.6 Å². The van der Waals surface area contributed by atoms with Gasteiger partial charge in [-0.05, 0) is 70.9 Å². The lowest BCUT2D eigenvalue weighted by molar-refractivity contribution is -0.171. The van der Waals surface area contributed by atoms with E-state index in [4.69, 9.17) is 23.7 Å². The van der Waals surface area contributed by atoms with Crippen molar-refractivity contribution < 1.29 is 42.9 Å². The quantitative estimate of drug-likeness (QED) is 0.310. The number of allylic oxidation sites excluding steroid dienone is 2. The SMILES string of the molecule is CC=C(C)C(=O)O[C@@]1(C)C(=O)O[C@H]2[C@@H]3C(C)=CC(=O)C3=C(C)[C@H](OC(=O)c3ccc(OC)c(OC)c3)C[C@@H]21. The number of esters is 3. The first kappa shape index (κ1) is 27.2. The molecule has 1 fully saturated rings. The van der Waals surface area contributed by atoms with Crippen LogP contribution in [-0.2, 0) is 28.6 Å². The zero-order valence-electron chi connectivity index (χ0n) is 22.6. The third-order valence-corrected chi connectivity index (χ3v) is 7.81. The molecule has 0 aromatic heterocycles. The molecule has 1 aromatic rings. The number of rotatable bonds is 6. The molecule has 1 aromatic carbocycles. The Morgan fingerprint density at radius 3 is 2.42 bits per heavy atom. The number of methoxy groups -OCH3 is 2. The van der Waals surface area contributed by atoms with Crippen molar-refractivity contribution in [2.45, 2.75) is 58.8 Å². The molecule has 9 nitrogen and oxygen atoms in total. The Balaban J connectivity index is 1.74. The van der Waals surface area contributed by atoms with E-state index in [-0.39, 0.29) is 17.8 Å². The molecule has 3 aliphatic rings. The van der Waals surface area contributed by atoms with E-state index in [1.165, 1.54) is 33.3 Å². The molecule has 1 aliphatic heterocycles. The van der Waals surface area contributed by atoms with E-state index in [1.54, 1.807) is 45.9 Å². The van der Waals surface area contributed by atoms with Crippen LogP contribution in [0.4, 0.5) is 0 Å². The Labute approximate surface area is 221 Å². The summed E-state index contributed by atoms with van der Waals surface area (Å²) in [7, 11) is 2.95. The fourth-order valence-corrected chi connectivity index (χ4v) is 5.45. The van der Waals surface area contributed by atoms with Crippen molar-refractivity contribution >= 4 is 23.7 Å². The van der Waals surface area contributed by atoms with Gasteiger partial charge < -0.3 is 23.7 Å². The van der Waals surface area contributed by atoms with Crippen molar-refractivity contribution in [1.82, 2.24) is 0 Å². The minimum atomic E-state index is -1.64. The van der Waals surface area contributed by atoms with Gasteiger partial charge in [0, 0.05) is 17.1 Å². The van der Waals surface area contributed by atoms with Crippen LogP contribution in [-0.4, -0.2) is 55.7 Å². The number of fused-ring (bicyclic) bond motifs is 3. The van der Waals surface area contributed by atoms with Gasteiger partial charge in [0.05, 0.1) is 25.7 Å². The number of ether oxygens (including phenoxy) is 5. The van der Waals surface area contributed by atoms with Gasteiger partial charge in [0.2, 0.25) is 5.60 Å². The normalized spacial score (nSPS) is 28.6. The zero-order chi connectivity index (χ0) is 27.9. The van der Waals surface area contributed by atoms with E-state index >= 15 is 0 Å². The second-order valence-electron chi connectivity index (χ2n) is 9.97. The molecule has 38 heavy (non-hydrogen) atoms. The van der Waals surface area contributed by atoms with E-state index in [2.05, 4.69) is 0 Å². The second-order valence-corrected chi connectivity index (χ2v) is 9.97. The molecule has 0 N–H and O–H groups in total. The molecule has 0 bridgehead atoms. The molecule has 1 saturated heterocycles. The van der Waals surface area contributed by atoms with Crippen LogP contribution in [0.2, 0.25) is 0 Å². The topological polar surface area (TPSA) is 114 Å². The summed E-state index contributed by atoms with van der Waals surface area (Å²) in [6.07, 6.45) is 1.58. The molecule has 0 saturated carbocycles. The number of hydrogen-bond acceptors (Lipinski definition) is 9. The number of hydrogen-bond donors (Lipinski definition) is 0. The fraction of sp³-hybridized carbons (Fsp3) is 0.448. The highest BCUT2D eigenvalue weighted by Gasteiger charge is 2.62. The van der Waals surface area contributed by atoms with Gasteiger partial charge in [0.1, 0.15) is 12.2 Å². The van der Waals surface area contributed by atoms with Crippen molar-refractivity contribution in [2.75, 3.05) is 14.2 Å². The number of carbonyl (C=O) groups is 4. The van der Waals surface area contributed by atoms with E-state index in [1.807, 2.05) is 0 Å². The summed E-state index contributed by atoms with van der Waals surface area (Å²) < 4.78 is 28.1. The van der Waals surface area contributed by atoms with Gasteiger partial charge in [-0.3, -0.25) is 4.79 Å². The maximum absolute atomic E-state index is 13.3. The van der Waals surface area contributed by atoms with Crippen molar-refractivity contribution in [1.29, 1.82) is 0 Å². The summed E-state index contributed by atoms with van der Waals surface area (Å²) in [6.45, 7) is 8.35. The molecule has 4 rings (SSSR count). The van der Waals surface area contributed by atoms with Crippen LogP contribution in [0.15, 0.2) is 52.6 Å². The standard InChI is InChI=1S/C29H32O9/c1-8-14(2)26(31)38-29(5)18-13-21(36-27(32)17-9-10-20(34-6)22(12-17)35-7)16(4)24-19(30)11-15(3)23(24)25(18)37-28(29)33/h8-12,18,21,23,25H,13H2,1-7H3/t18-,21+,23+,25+,29+/m0/s1. The minimum Gasteiger partial charge on any atom is -0.493 e. The summed E-state index contributed by atoms with van der Waals surface area (Å²) >= 11 is 0. The fourth-order valence-electron chi connectivity index (χ4n) is 5.45. The second kappa shape index (κ2) is 10.1. The first-order chi connectivity index (χ1) is 18.0. The monoisotopic (exact) mass is 524 g/mol. The van der Waals surface area contributed by atoms with Crippen LogP contribution in [0.25, 0.3) is 0 Å². The Bertz CT molecular complexity index is 1300. The average Bonchev–Trinajstić information content (AvgIpc) is 3.27. The summed E-state index contributed by atoms with van der Waals surface area (Å²) in [4.78, 5) is 52.2. The van der Waals surface area contributed by atoms with Gasteiger partial charge in [0.15, 0.2) is 17.3 Å². The highest BCUT2D eigenvalue weighted by Crippen LogP contribution is 2.51. The maximum Gasteiger partial charge on any atom is 0.351 e. The lowest BCUT2D eigenvalue weighted by Crippen LogP contribution is -2.45. The molecule has 0 radical (unpaired) electrons. The zero-order valence-corrected chi connectivity index (χ0v) is 22.6. The Morgan fingerprint density at radius 1 is 1.11 bits per heavy atom. The molecule has 2 aliphatic carbocycles. The van der Waals surface area contributed by atoms with Crippen LogP contribution in [0.1, 0.15) is 51.4 Å². The highest BCUT2D eigenvalue weighted by atomic mass is 16.6. The third-order valence-electron chi connectivity index (χ3n) is 7.81. The molecule has 0 amide bonds. The predicted octanol–water partition coefficient (Wildman–Crippen LogP) is 3.90. The van der Waals surface area contributed by atoms with Gasteiger partial charge in [-0.25, -0.2) is 14.4 Å². The summed E-state index contributed by atoms with van der Waals surface area (Å²) in [6, 6.07) is 4.65. The summed E-state index contributed by atoms with van der Waals surface area (Å²) in [5.41, 5.74) is 0.677. The van der Waals surface area contributed by atoms with E-state index in [9.17, 15) is 19.2 Å². The van der Waals surface area contributed by atoms with Crippen molar-refractivity contribution in [2.24, 2.45) is 11.8 Å². The Kier molecular flexibility index (Phi) is 7.23. The van der Waals surface area contributed by atoms with E-state index < -0.39 is 47.6 Å². The number of ketones is 1. The molecule has 202 valence electrons. The van der Waals surface area contributed by atoms with Gasteiger partial charge in [0.25, 0.3) is 0 Å². The summed E-state index contributed by atoms with van der Waals surface area (Å²) in [5, 5.41) is 0. The smallest absolute Gasteiger partial charge is 0.351 e. The van der Waals surface area contributed by atoms with Crippen LogP contribution < -0.4 is 9.47 Å². The lowest BCUT2D eigenvalue weighted by atomic mass is 9.78. The van der Waals surface area contributed by atoms with Gasteiger partial charge in [-0.2, -0.15) is 0 Å². The molecule has 0 spiro atoms. The van der Waals surface area contributed by atoms with Crippen molar-refractivity contribution in [3.05, 3.63) is 58.2 Å². The lowest BCUT2D eigenvalue weighted by Gasteiger charge is -2.31. The van der Waals surface area contributed by atoms with Crippen molar-refractivity contribution in [3.63, 3.8) is 0 Å². The van der Waals surface area contributed by atoms with E-state index in [0.29, 0.717) is 28.2 Å². The van der Waals surface area contributed by atoms with Crippen LogP contribution in [0, 0.1) is 11.8 Å². The minimum absolute atomic E-state index is 0.112. The number of carbonyl (C=O) groups excluding carboxylic acids is 4. The number of benzene rings is 1. The molecule has 5 atom stereocenters. The third kappa shape index (κ3) is 4.40. The Hall–Kier alpha value is -3.88. The van der Waals surface area contributed by atoms with Gasteiger partial charge >= 0.3 is 17.9 Å². The average molecular weight is 525 g/mol. The molecular formula is C29H32O9. The van der Waals surface area contributed by atoms with Crippen LogP contribution >= 0.6 is 0 Å². The van der Waals surface area contributed by atoms with Gasteiger partial charge in [-0.15, -0.1) is 0 Å². The highest BCUT2D eigenvalue weighted by molar-refractivity contribution is 6.09. The summed E-state index contributed by atoms with van der Waals surface area (Å²) in [5.74, 6) is -2.59. The first-order valence-corrected chi connectivity index (χ1v) is 12.4. The predicted molar refractivity (Wildman–Crippen MR) is 136 cm³/mol. The molecule has 0 unspecified atom stereocenters. The first-order valence-electron chi connectivity index (χ1n) is 12.4. The maximum atomic E-state index is 13.3. The van der Waals surface area contributed by atoms with Crippen LogP contribution in [0.3, 0.4) is 0 Å². The van der Waals surface area contributed by atoms with Crippen LogP contribution in [0.5, 0.6) is 11.5 Å².